The molecule has 0 saturated carbocycles. The van der Waals surface area contributed by atoms with Crippen molar-refractivity contribution < 1.29 is 55.7 Å². The van der Waals surface area contributed by atoms with Gasteiger partial charge in [0.2, 0.25) is 0 Å². The van der Waals surface area contributed by atoms with E-state index in [0.717, 1.165) is 12.1 Å². The first-order valence-corrected chi connectivity index (χ1v) is 8.38. The quantitative estimate of drug-likeness (QED) is 0.439. The number of rotatable bonds is 1. The van der Waals surface area contributed by atoms with Crippen LogP contribution in [0.4, 0.5) is 13.2 Å². The van der Waals surface area contributed by atoms with Crippen molar-refractivity contribution in [2.75, 3.05) is 0 Å². The van der Waals surface area contributed by atoms with Gasteiger partial charge in [0, 0.05) is 0 Å². The Hall–Kier alpha value is -0.510. The van der Waals surface area contributed by atoms with Crippen molar-refractivity contribution >= 4 is 23.6 Å². The number of hydrogen-bond donors (Lipinski definition) is 1. The standard InChI is InChI=1S/C10H13.C7H5F3O3S.Na.H2S/c1-10(2,3)9-7-5-4-6-8-9;8-7(9,10)5-3-1-2-4-6(5)14(11,12)13;;/h5-8H,1-3H3;1-4H,(H,11,12,13);;1H2/q-1;;+1;. The van der Waals surface area contributed by atoms with Crippen LogP contribution in [0.3, 0.4) is 0 Å². The molecular formula is C17H20F3NaO3S2. The second-order valence-corrected chi connectivity index (χ2v) is 7.40. The zero-order valence-electron chi connectivity index (χ0n) is 14.9. The van der Waals surface area contributed by atoms with Gasteiger partial charge in [-0.2, -0.15) is 71.0 Å². The van der Waals surface area contributed by atoms with Gasteiger partial charge in [-0.1, -0.05) is 32.9 Å². The summed E-state index contributed by atoms with van der Waals surface area (Å²) in [6, 6.07) is 14.6. The smallest absolute Gasteiger partial charge is 0.282 e. The summed E-state index contributed by atoms with van der Waals surface area (Å²) in [7, 11) is -4.84. The van der Waals surface area contributed by atoms with Gasteiger partial charge in [0.15, 0.2) is 0 Å². The maximum Gasteiger partial charge on any atom is 1.00 e. The van der Waals surface area contributed by atoms with E-state index in [1.165, 1.54) is 5.56 Å². The van der Waals surface area contributed by atoms with Gasteiger partial charge in [-0.15, -0.1) is 0 Å². The Morgan fingerprint density at radius 1 is 0.962 bits per heavy atom. The summed E-state index contributed by atoms with van der Waals surface area (Å²) in [5, 5.41) is 0. The summed E-state index contributed by atoms with van der Waals surface area (Å²) in [5.41, 5.74) is 0.267. The minimum Gasteiger partial charge on any atom is -0.282 e. The molecule has 0 aliphatic heterocycles. The summed E-state index contributed by atoms with van der Waals surface area (Å²) in [6.07, 6.45) is -4.80. The summed E-state index contributed by atoms with van der Waals surface area (Å²) < 4.78 is 66.2. The third-order valence-electron chi connectivity index (χ3n) is 3.05. The number of halogens is 3. The van der Waals surface area contributed by atoms with Crippen molar-refractivity contribution in [2.24, 2.45) is 0 Å². The third kappa shape index (κ3) is 8.92. The number of benzene rings is 2. The van der Waals surface area contributed by atoms with Crippen LogP contribution in [0.15, 0.2) is 53.4 Å². The molecule has 0 amide bonds. The Balaban J connectivity index is 0. The molecular weight excluding hydrogens is 396 g/mol. The van der Waals surface area contributed by atoms with Crippen LogP contribution in [0.1, 0.15) is 31.9 Å². The van der Waals surface area contributed by atoms with Crippen LogP contribution in [0.2, 0.25) is 0 Å². The van der Waals surface area contributed by atoms with Gasteiger partial charge in [-0.25, -0.2) is 0 Å². The molecule has 0 unspecified atom stereocenters. The second kappa shape index (κ2) is 10.7. The first-order valence-electron chi connectivity index (χ1n) is 6.94. The van der Waals surface area contributed by atoms with Crippen LogP contribution in [0.25, 0.3) is 0 Å². The number of hydrogen-bond acceptors (Lipinski definition) is 2. The predicted molar refractivity (Wildman–Crippen MR) is 95.6 cm³/mol. The van der Waals surface area contributed by atoms with Crippen molar-refractivity contribution in [3.8, 4) is 0 Å². The van der Waals surface area contributed by atoms with E-state index in [4.69, 9.17) is 4.55 Å². The van der Waals surface area contributed by atoms with Crippen LogP contribution >= 0.6 is 13.5 Å². The van der Waals surface area contributed by atoms with E-state index in [2.05, 4.69) is 39.0 Å². The van der Waals surface area contributed by atoms with Crippen LogP contribution in [-0.4, -0.2) is 13.0 Å². The zero-order valence-corrected chi connectivity index (χ0v) is 18.7. The van der Waals surface area contributed by atoms with Gasteiger partial charge in [-0.3, -0.25) is 4.55 Å². The van der Waals surface area contributed by atoms with Crippen LogP contribution in [0, 0.1) is 6.07 Å². The van der Waals surface area contributed by atoms with Crippen molar-refractivity contribution in [1.29, 1.82) is 0 Å². The molecule has 26 heavy (non-hydrogen) atoms. The predicted octanol–water partition coefficient (Wildman–Crippen LogP) is 1.85. The fourth-order valence-corrected chi connectivity index (χ4v) is 2.52. The minimum absolute atomic E-state index is 0. The first-order chi connectivity index (χ1) is 10.8. The zero-order chi connectivity index (χ0) is 18.6. The normalized spacial score (nSPS) is 11.3. The van der Waals surface area contributed by atoms with Gasteiger partial charge >= 0.3 is 35.7 Å². The molecule has 0 aromatic heterocycles. The molecule has 0 saturated heterocycles. The van der Waals surface area contributed by atoms with Gasteiger partial charge < -0.3 is 0 Å². The molecule has 2 aromatic carbocycles. The van der Waals surface area contributed by atoms with E-state index in [1.807, 2.05) is 12.1 Å². The van der Waals surface area contributed by atoms with Crippen molar-refractivity contribution in [3.05, 3.63) is 65.7 Å². The fraction of sp³-hybridized carbons (Fsp3) is 0.294. The van der Waals surface area contributed by atoms with E-state index in [0.29, 0.717) is 12.1 Å². The SMILES string of the molecule is CC(C)(C)c1cc[c-]cc1.O=S(=O)(O)c1ccccc1C(F)(F)F.S.[Na+]. The molecule has 0 fully saturated rings. The molecule has 140 valence electrons. The molecule has 0 aliphatic rings. The summed E-state index contributed by atoms with van der Waals surface area (Å²) in [5.74, 6) is 0. The molecule has 0 spiro atoms. The van der Waals surface area contributed by atoms with Crippen molar-refractivity contribution in [3.63, 3.8) is 0 Å². The van der Waals surface area contributed by atoms with E-state index in [9.17, 15) is 21.6 Å². The molecule has 3 nitrogen and oxygen atoms in total. The molecule has 0 atom stereocenters. The van der Waals surface area contributed by atoms with E-state index in [-0.39, 0.29) is 48.5 Å². The third-order valence-corrected chi connectivity index (χ3v) is 3.97. The molecule has 2 rings (SSSR count). The maximum atomic E-state index is 12.2. The molecule has 0 heterocycles. The van der Waals surface area contributed by atoms with Crippen LogP contribution in [-0.2, 0) is 21.7 Å². The Kier molecular flexibility index (Phi) is 11.4. The Labute approximate surface area is 181 Å². The van der Waals surface area contributed by atoms with Crippen molar-refractivity contribution in [1.82, 2.24) is 0 Å². The average molecular weight is 416 g/mol. The molecule has 1 N–H and O–H groups in total. The molecule has 2 aromatic rings. The molecule has 0 aliphatic carbocycles. The van der Waals surface area contributed by atoms with E-state index < -0.39 is 26.8 Å². The van der Waals surface area contributed by atoms with Gasteiger partial charge in [0.1, 0.15) is 4.90 Å². The van der Waals surface area contributed by atoms with Gasteiger partial charge in [-0.05, 0) is 17.5 Å². The Morgan fingerprint density at radius 2 is 1.42 bits per heavy atom. The first kappa shape index (κ1) is 27.7. The average Bonchev–Trinajstić information content (AvgIpc) is 2.46. The summed E-state index contributed by atoms with van der Waals surface area (Å²) in [4.78, 5) is -1.13. The Morgan fingerprint density at radius 3 is 1.73 bits per heavy atom. The molecule has 0 bridgehead atoms. The topological polar surface area (TPSA) is 54.4 Å². The van der Waals surface area contributed by atoms with Gasteiger partial charge in [0.05, 0.1) is 5.56 Å². The van der Waals surface area contributed by atoms with Crippen LogP contribution < -0.4 is 29.6 Å². The van der Waals surface area contributed by atoms with Crippen molar-refractivity contribution in [2.45, 2.75) is 37.3 Å². The summed E-state index contributed by atoms with van der Waals surface area (Å²) in [6.45, 7) is 6.63. The van der Waals surface area contributed by atoms with E-state index in [1.54, 1.807) is 0 Å². The minimum atomic E-state index is -4.84. The largest absolute Gasteiger partial charge is 1.00 e. The Bertz CT molecular complexity index is 772. The molecule has 0 radical (unpaired) electrons. The maximum absolute atomic E-state index is 12.2. The second-order valence-electron chi connectivity index (χ2n) is 6.01. The molecule has 9 heteroatoms. The monoisotopic (exact) mass is 416 g/mol. The van der Waals surface area contributed by atoms with E-state index >= 15 is 0 Å². The van der Waals surface area contributed by atoms with Crippen LogP contribution in [0.5, 0.6) is 0 Å². The van der Waals surface area contributed by atoms with Gasteiger partial charge in [0.25, 0.3) is 10.1 Å². The number of alkyl halides is 3. The fourth-order valence-electron chi connectivity index (χ4n) is 1.81. The summed E-state index contributed by atoms with van der Waals surface area (Å²) >= 11 is 0.